The number of pyridine rings is 1. The van der Waals surface area contributed by atoms with Gasteiger partial charge in [0.25, 0.3) is 10.0 Å². The molecule has 0 spiro atoms. The van der Waals surface area contributed by atoms with Crippen molar-refractivity contribution in [2.45, 2.75) is 4.90 Å². The first-order chi connectivity index (χ1) is 17.4. The quantitative estimate of drug-likeness (QED) is 0.287. The molecule has 0 atom stereocenters. The number of halogens is 1. The summed E-state index contributed by atoms with van der Waals surface area (Å²) in [6.07, 6.45) is 7.29. The second-order valence-corrected chi connectivity index (χ2v) is 10.9. The van der Waals surface area contributed by atoms with Gasteiger partial charge >= 0.3 is 0 Å². The molecule has 0 unspecified atom stereocenters. The molecule has 8 heteroatoms. The molecule has 0 saturated heterocycles. The Morgan fingerprint density at radius 3 is 2.50 bits per heavy atom. The van der Waals surface area contributed by atoms with Crippen LogP contribution in [0.1, 0.15) is 5.56 Å². The number of nitrogens with zero attached hydrogens (tertiary/aromatic N) is 3. The van der Waals surface area contributed by atoms with Crippen LogP contribution in [0, 0.1) is 0 Å². The number of fused-ring (bicyclic) bond motifs is 1. The topological polar surface area (TPSA) is 65.5 Å². The van der Waals surface area contributed by atoms with E-state index < -0.39 is 10.0 Å². The predicted molar refractivity (Wildman–Crippen MR) is 150 cm³/mol. The summed E-state index contributed by atoms with van der Waals surface area (Å²) in [6, 6.07) is 22.1. The highest BCUT2D eigenvalue weighted by Crippen LogP contribution is 2.33. The Labute approximate surface area is 217 Å². The molecule has 0 bridgehead atoms. The zero-order valence-corrected chi connectivity index (χ0v) is 21.9. The fourth-order valence-electron chi connectivity index (χ4n) is 3.88. The standard InChI is InChI=1S/C28H29ClN4O2S/c1-32(2)19-20-33(36(34,35)28-11-5-8-23-21-30-18-16-25(23)28)27-10-4-3-9-26(27)31-17-6-7-22-12-14-24(29)15-13-22/h3-16,18,21,31H,17,19-20H2,1-2H3/b7-6+. The fourth-order valence-corrected chi connectivity index (χ4v) is 5.69. The molecule has 0 saturated carbocycles. The third-order valence-electron chi connectivity index (χ3n) is 5.72. The van der Waals surface area contributed by atoms with Crippen molar-refractivity contribution in [1.29, 1.82) is 0 Å². The Morgan fingerprint density at radius 1 is 0.944 bits per heavy atom. The molecule has 0 radical (unpaired) electrons. The number of anilines is 2. The van der Waals surface area contributed by atoms with Gasteiger partial charge in [0.05, 0.1) is 16.3 Å². The van der Waals surface area contributed by atoms with E-state index in [1.54, 1.807) is 30.6 Å². The monoisotopic (exact) mass is 520 g/mol. The van der Waals surface area contributed by atoms with E-state index in [0.29, 0.717) is 35.7 Å². The molecule has 0 amide bonds. The van der Waals surface area contributed by atoms with Crippen LogP contribution in [0.3, 0.4) is 0 Å². The highest BCUT2D eigenvalue weighted by atomic mass is 35.5. The first-order valence-electron chi connectivity index (χ1n) is 11.6. The van der Waals surface area contributed by atoms with E-state index >= 15 is 0 Å². The highest BCUT2D eigenvalue weighted by molar-refractivity contribution is 7.93. The lowest BCUT2D eigenvalue weighted by molar-refractivity contribution is 0.419. The number of likely N-dealkylation sites (N-methyl/N-ethyl adjacent to an activating group) is 1. The van der Waals surface area contributed by atoms with Gasteiger partial charge in [-0.3, -0.25) is 9.29 Å². The van der Waals surface area contributed by atoms with Gasteiger partial charge in [0, 0.05) is 47.8 Å². The van der Waals surface area contributed by atoms with Crippen LogP contribution in [0.15, 0.2) is 96.2 Å². The normalized spacial score (nSPS) is 11.9. The van der Waals surface area contributed by atoms with Gasteiger partial charge in [-0.05, 0) is 56.1 Å². The van der Waals surface area contributed by atoms with E-state index in [2.05, 4.69) is 10.3 Å². The maximum Gasteiger partial charge on any atom is 0.265 e. The maximum absolute atomic E-state index is 14.1. The van der Waals surface area contributed by atoms with Crippen molar-refractivity contribution < 1.29 is 8.42 Å². The molecule has 0 fully saturated rings. The smallest absolute Gasteiger partial charge is 0.265 e. The first kappa shape index (κ1) is 25.7. The Kier molecular flexibility index (Phi) is 8.25. The van der Waals surface area contributed by atoms with Crippen LogP contribution in [-0.2, 0) is 10.0 Å². The lowest BCUT2D eigenvalue weighted by atomic mass is 10.2. The maximum atomic E-state index is 14.1. The molecule has 6 nitrogen and oxygen atoms in total. The Balaban J connectivity index is 1.66. The van der Waals surface area contributed by atoms with E-state index in [9.17, 15) is 8.42 Å². The summed E-state index contributed by atoms with van der Waals surface area (Å²) in [7, 11) is -0.00688. The lowest BCUT2D eigenvalue weighted by Gasteiger charge is -2.28. The van der Waals surface area contributed by atoms with Gasteiger partial charge in [-0.1, -0.05) is 60.2 Å². The zero-order valence-electron chi connectivity index (χ0n) is 20.3. The Bertz CT molecular complexity index is 1450. The lowest BCUT2D eigenvalue weighted by Crippen LogP contribution is -2.37. The minimum atomic E-state index is -3.87. The zero-order chi connectivity index (χ0) is 25.5. The molecule has 36 heavy (non-hydrogen) atoms. The van der Waals surface area contributed by atoms with Crippen molar-refractivity contribution >= 4 is 49.8 Å². The van der Waals surface area contributed by atoms with Crippen LogP contribution in [0.5, 0.6) is 0 Å². The summed E-state index contributed by atoms with van der Waals surface area (Å²) in [6.45, 7) is 1.40. The van der Waals surface area contributed by atoms with Gasteiger partial charge in [0.1, 0.15) is 0 Å². The van der Waals surface area contributed by atoms with Crippen molar-refractivity contribution in [2.24, 2.45) is 0 Å². The molecule has 4 aromatic rings. The van der Waals surface area contributed by atoms with Crippen LogP contribution in [-0.4, -0.2) is 52.0 Å². The molecular weight excluding hydrogens is 492 g/mol. The fraction of sp³-hybridized carbons (Fsp3) is 0.179. The third-order valence-corrected chi connectivity index (χ3v) is 7.85. The summed E-state index contributed by atoms with van der Waals surface area (Å²) < 4.78 is 29.7. The molecule has 1 N–H and O–H groups in total. The van der Waals surface area contributed by atoms with Gasteiger partial charge in [-0.25, -0.2) is 8.42 Å². The average Bonchev–Trinajstić information content (AvgIpc) is 2.88. The number of hydrogen-bond donors (Lipinski definition) is 1. The van der Waals surface area contributed by atoms with Crippen LogP contribution in [0.25, 0.3) is 16.8 Å². The van der Waals surface area contributed by atoms with Crippen molar-refractivity contribution in [3.8, 4) is 0 Å². The van der Waals surface area contributed by atoms with Gasteiger partial charge in [-0.15, -0.1) is 0 Å². The van der Waals surface area contributed by atoms with Crippen LogP contribution < -0.4 is 9.62 Å². The van der Waals surface area contributed by atoms with Gasteiger partial charge in [0.15, 0.2) is 0 Å². The minimum absolute atomic E-state index is 0.263. The summed E-state index contributed by atoms with van der Waals surface area (Å²) in [5.74, 6) is 0. The molecule has 1 aromatic heterocycles. The predicted octanol–water partition coefficient (Wildman–Crippen LogP) is 5.77. The van der Waals surface area contributed by atoms with Crippen LogP contribution in [0.2, 0.25) is 5.02 Å². The van der Waals surface area contributed by atoms with Gasteiger partial charge in [0.2, 0.25) is 0 Å². The number of aromatic nitrogens is 1. The molecule has 0 aliphatic carbocycles. The highest BCUT2D eigenvalue weighted by Gasteiger charge is 2.28. The Morgan fingerprint density at radius 2 is 1.72 bits per heavy atom. The number of rotatable bonds is 10. The second-order valence-electron chi connectivity index (χ2n) is 8.59. The van der Waals surface area contributed by atoms with E-state index in [1.165, 1.54) is 4.31 Å². The van der Waals surface area contributed by atoms with Crippen LogP contribution >= 0.6 is 11.6 Å². The van der Waals surface area contributed by atoms with Crippen molar-refractivity contribution in [2.75, 3.05) is 43.4 Å². The first-order valence-corrected chi connectivity index (χ1v) is 13.4. The number of para-hydroxylation sites is 2. The van der Waals surface area contributed by atoms with Gasteiger partial charge < -0.3 is 10.2 Å². The van der Waals surface area contributed by atoms with Crippen molar-refractivity contribution in [1.82, 2.24) is 9.88 Å². The molecule has 0 aliphatic rings. The second kappa shape index (κ2) is 11.6. The summed E-state index contributed by atoms with van der Waals surface area (Å²) in [5, 5.41) is 5.51. The van der Waals surface area contributed by atoms with E-state index in [4.69, 9.17) is 11.6 Å². The van der Waals surface area contributed by atoms with E-state index in [1.807, 2.05) is 85.7 Å². The molecule has 1 heterocycles. The minimum Gasteiger partial charge on any atom is -0.380 e. The number of benzene rings is 3. The average molecular weight is 521 g/mol. The number of hydrogen-bond acceptors (Lipinski definition) is 5. The van der Waals surface area contributed by atoms with Crippen molar-refractivity contribution in [3.63, 3.8) is 0 Å². The van der Waals surface area contributed by atoms with Crippen LogP contribution in [0.4, 0.5) is 11.4 Å². The molecule has 3 aromatic carbocycles. The largest absolute Gasteiger partial charge is 0.380 e. The molecule has 0 aliphatic heterocycles. The summed E-state index contributed by atoms with van der Waals surface area (Å²) >= 11 is 5.96. The summed E-state index contributed by atoms with van der Waals surface area (Å²) in [5.41, 5.74) is 2.38. The van der Waals surface area contributed by atoms with E-state index in [-0.39, 0.29) is 4.90 Å². The molecule has 186 valence electrons. The molecular formula is C28H29ClN4O2S. The number of nitrogens with one attached hydrogen (secondary N) is 1. The van der Waals surface area contributed by atoms with Gasteiger partial charge in [-0.2, -0.15) is 0 Å². The molecule has 4 rings (SSSR count). The van der Waals surface area contributed by atoms with Crippen molar-refractivity contribution in [3.05, 3.63) is 102 Å². The SMILES string of the molecule is CN(C)CCN(c1ccccc1NC/C=C/c1ccc(Cl)cc1)S(=O)(=O)c1cccc2cnccc12. The Hall–Kier alpha value is -3.39. The third kappa shape index (κ3) is 6.05. The van der Waals surface area contributed by atoms with E-state index in [0.717, 1.165) is 16.6 Å². The summed E-state index contributed by atoms with van der Waals surface area (Å²) in [4.78, 5) is 6.38. The number of sulfonamides is 1.